The molecule has 0 atom stereocenters. The molecule has 0 unspecified atom stereocenters. The van der Waals surface area contributed by atoms with Crippen LogP contribution in [-0.2, 0) is 20.0 Å². The van der Waals surface area contributed by atoms with Gasteiger partial charge in [-0.2, -0.15) is 25.6 Å². The molecule has 24 heavy (non-hydrogen) atoms. The van der Waals surface area contributed by atoms with Gasteiger partial charge in [0.25, 0.3) is 20.0 Å². The summed E-state index contributed by atoms with van der Waals surface area (Å²) < 4.78 is 50.3. The van der Waals surface area contributed by atoms with Gasteiger partial charge >= 0.3 is 0 Å². The lowest BCUT2D eigenvalue weighted by atomic mass is 10.2. The monoisotopic (exact) mass is 364 g/mol. The van der Waals surface area contributed by atoms with Gasteiger partial charge < -0.3 is 10.2 Å². The fraction of sp³-hybridized carbons (Fsp3) is 0. The Morgan fingerprint density at radius 2 is 0.958 bits per heavy atom. The van der Waals surface area contributed by atoms with Crippen molar-refractivity contribution < 1.29 is 27.0 Å². The molecule has 0 radical (unpaired) electrons. The van der Waals surface area contributed by atoms with Crippen LogP contribution >= 0.6 is 0 Å². The maximum Gasteiger partial charge on any atom is 0.282 e. The maximum absolute atomic E-state index is 11.1. The standard InChI is InChI=1S/2C7H5NO3S/c2*9-7-5-3-1-2-4-6(5)12(10,11)8-7/h2*1-4H,(H,8,9)/p-2. The van der Waals surface area contributed by atoms with Crippen LogP contribution in [0.4, 0.5) is 0 Å². The minimum atomic E-state index is -3.68. The average Bonchev–Trinajstić information content (AvgIpc) is 2.91. The minimum absolute atomic E-state index is 0.00926. The Kier molecular flexibility index (Phi) is 3.65. The van der Waals surface area contributed by atoms with Gasteiger partial charge in [0.05, 0.1) is 9.79 Å². The second kappa shape index (κ2) is 5.42. The molecular weight excluding hydrogens is 356 g/mol. The maximum atomic E-state index is 11.1. The summed E-state index contributed by atoms with van der Waals surface area (Å²) in [6.07, 6.45) is 0. The Balaban J connectivity index is 0.000000141. The molecule has 8 nitrogen and oxygen atoms in total. The van der Waals surface area contributed by atoms with Gasteiger partial charge in [-0.05, 0) is 12.1 Å². The van der Waals surface area contributed by atoms with Crippen molar-refractivity contribution in [3.05, 3.63) is 59.7 Å². The number of hydrogen-bond acceptors (Lipinski definition) is 6. The van der Waals surface area contributed by atoms with Crippen molar-refractivity contribution in [3.63, 3.8) is 0 Å². The fourth-order valence-corrected chi connectivity index (χ4v) is 4.35. The van der Waals surface area contributed by atoms with E-state index in [1.165, 1.54) is 24.3 Å². The van der Waals surface area contributed by atoms with Gasteiger partial charge in [0, 0.05) is 22.9 Å². The lowest BCUT2D eigenvalue weighted by Crippen LogP contribution is -2.15. The summed E-state index contributed by atoms with van der Waals surface area (Å²) in [6, 6.07) is 12.0. The van der Waals surface area contributed by atoms with Gasteiger partial charge in [0.2, 0.25) is 0 Å². The summed E-state index contributed by atoms with van der Waals surface area (Å²) in [5.74, 6) is -1.35. The van der Waals surface area contributed by atoms with Gasteiger partial charge in [-0.15, -0.1) is 0 Å². The summed E-state index contributed by atoms with van der Waals surface area (Å²) in [6.45, 7) is 0. The Bertz CT molecular complexity index is 1010. The highest BCUT2D eigenvalue weighted by atomic mass is 32.2. The number of fused-ring (bicyclic) bond motifs is 2. The summed E-state index contributed by atoms with van der Waals surface area (Å²) in [5.41, 5.74) is 0.329. The highest BCUT2D eigenvalue weighted by Crippen LogP contribution is 2.24. The SMILES string of the molecule is O=S1(=O)N=C([O-])c2ccccc21.O=S1(=O)N=C([O-])c2ccccc21. The lowest BCUT2D eigenvalue weighted by Gasteiger charge is -2.01. The van der Waals surface area contributed by atoms with Crippen LogP contribution in [-0.4, -0.2) is 28.6 Å². The van der Waals surface area contributed by atoms with E-state index in [1.54, 1.807) is 24.3 Å². The lowest BCUT2D eigenvalue weighted by molar-refractivity contribution is -0.212. The third kappa shape index (κ3) is 2.65. The van der Waals surface area contributed by atoms with Crippen LogP contribution in [0.15, 0.2) is 67.1 Å². The highest BCUT2D eigenvalue weighted by molar-refractivity contribution is 7.91. The van der Waals surface area contributed by atoms with E-state index in [9.17, 15) is 27.0 Å². The Morgan fingerprint density at radius 1 is 0.625 bits per heavy atom. The van der Waals surface area contributed by atoms with E-state index in [1.807, 2.05) is 0 Å². The van der Waals surface area contributed by atoms with Crippen LogP contribution in [0.3, 0.4) is 0 Å². The van der Waals surface area contributed by atoms with Crippen LogP contribution in [0.1, 0.15) is 11.1 Å². The van der Waals surface area contributed by atoms with Crippen LogP contribution in [0.5, 0.6) is 0 Å². The van der Waals surface area contributed by atoms with E-state index in [0.29, 0.717) is 0 Å². The molecule has 0 spiro atoms. The van der Waals surface area contributed by atoms with E-state index < -0.39 is 31.8 Å². The summed E-state index contributed by atoms with van der Waals surface area (Å²) in [5, 5.41) is 21.9. The molecule has 2 heterocycles. The average molecular weight is 364 g/mol. The number of sulfonamides is 2. The molecule has 124 valence electrons. The van der Waals surface area contributed by atoms with Crippen molar-refractivity contribution in [2.24, 2.45) is 8.80 Å². The third-order valence-electron chi connectivity index (χ3n) is 3.20. The Morgan fingerprint density at radius 3 is 1.29 bits per heavy atom. The van der Waals surface area contributed by atoms with Crippen molar-refractivity contribution in [1.82, 2.24) is 0 Å². The second-order valence-corrected chi connectivity index (χ2v) is 7.88. The van der Waals surface area contributed by atoms with Gasteiger partial charge in [0.1, 0.15) is 0 Å². The van der Waals surface area contributed by atoms with E-state index in [0.717, 1.165) is 0 Å². The molecule has 0 aromatic heterocycles. The zero-order valence-corrected chi connectivity index (χ0v) is 13.4. The molecule has 0 aliphatic carbocycles. The van der Waals surface area contributed by atoms with Gasteiger partial charge in [-0.1, -0.05) is 36.4 Å². The first-order valence-electron chi connectivity index (χ1n) is 6.45. The number of rotatable bonds is 0. The van der Waals surface area contributed by atoms with Crippen molar-refractivity contribution >= 4 is 31.8 Å². The summed E-state index contributed by atoms with van der Waals surface area (Å²) >= 11 is 0. The number of nitrogens with zero attached hydrogens (tertiary/aromatic N) is 2. The third-order valence-corrected chi connectivity index (χ3v) is 5.83. The molecule has 2 aliphatic heterocycles. The smallest absolute Gasteiger partial charge is 0.282 e. The van der Waals surface area contributed by atoms with Crippen molar-refractivity contribution in [2.45, 2.75) is 9.79 Å². The molecule has 0 saturated carbocycles. The Hall–Kier alpha value is -2.72. The topological polar surface area (TPSA) is 139 Å². The van der Waals surface area contributed by atoms with E-state index >= 15 is 0 Å². The molecule has 2 aromatic rings. The zero-order valence-electron chi connectivity index (χ0n) is 11.8. The molecule has 0 amide bonds. The van der Waals surface area contributed by atoms with Crippen LogP contribution < -0.4 is 10.2 Å². The summed E-state index contributed by atoms with van der Waals surface area (Å²) in [7, 11) is -7.36. The summed E-state index contributed by atoms with van der Waals surface area (Å²) in [4.78, 5) is 0.0185. The fourth-order valence-electron chi connectivity index (χ4n) is 2.15. The largest absolute Gasteiger partial charge is 0.858 e. The first-order chi connectivity index (χ1) is 11.2. The second-order valence-electron chi connectivity index (χ2n) is 4.74. The molecule has 0 saturated heterocycles. The number of benzene rings is 2. The van der Waals surface area contributed by atoms with Crippen molar-refractivity contribution in [2.75, 3.05) is 0 Å². The molecule has 10 heteroatoms. The van der Waals surface area contributed by atoms with Crippen LogP contribution in [0.2, 0.25) is 0 Å². The quantitative estimate of drug-likeness (QED) is 0.587. The van der Waals surface area contributed by atoms with Crippen LogP contribution in [0.25, 0.3) is 0 Å². The molecule has 2 aliphatic rings. The molecule has 2 aromatic carbocycles. The first-order valence-corrected chi connectivity index (χ1v) is 9.33. The predicted octanol–water partition coefficient (Wildman–Crippen LogP) is -1.01. The van der Waals surface area contributed by atoms with E-state index in [4.69, 9.17) is 0 Å². The molecule has 0 bridgehead atoms. The first kappa shape index (κ1) is 16.1. The van der Waals surface area contributed by atoms with Gasteiger partial charge in [0.15, 0.2) is 0 Å². The van der Waals surface area contributed by atoms with E-state index in [2.05, 4.69) is 8.80 Å². The molecule has 0 N–H and O–H groups in total. The van der Waals surface area contributed by atoms with Crippen molar-refractivity contribution in [1.29, 1.82) is 0 Å². The molecular formula is C14H8N2O6S2-2. The number of hydrogen-bond donors (Lipinski definition) is 0. The Labute approximate surface area is 137 Å². The molecule has 0 fully saturated rings. The van der Waals surface area contributed by atoms with Gasteiger partial charge in [-0.3, -0.25) is 0 Å². The van der Waals surface area contributed by atoms with Crippen molar-refractivity contribution in [3.8, 4) is 0 Å². The zero-order chi connectivity index (χ0) is 17.5. The minimum Gasteiger partial charge on any atom is -0.858 e. The predicted molar refractivity (Wildman–Crippen MR) is 80.3 cm³/mol. The highest BCUT2D eigenvalue weighted by Gasteiger charge is 2.23. The van der Waals surface area contributed by atoms with Gasteiger partial charge in [-0.25, -0.2) is 0 Å². The normalized spacial score (nSPS) is 18.5. The van der Waals surface area contributed by atoms with Crippen LogP contribution in [0, 0.1) is 0 Å². The molecule has 4 rings (SSSR count). The van der Waals surface area contributed by atoms with E-state index in [-0.39, 0.29) is 20.9 Å².